The number of aliphatic hydroxyl groups is 3. The van der Waals surface area contributed by atoms with E-state index >= 15 is 0 Å². The highest BCUT2D eigenvalue weighted by molar-refractivity contribution is 6.08. The van der Waals surface area contributed by atoms with Crippen LogP contribution in [-0.4, -0.2) is 175 Å². The zero-order chi connectivity index (χ0) is 67.1. The van der Waals surface area contributed by atoms with Crippen molar-refractivity contribution in [1.82, 2.24) is 14.7 Å². The SMILES string of the molecule is Cc1cc(C(=O)N2CCC[C@H]2CO)c(N)cc1OCCCOC(C)C.Cc1cc(C(=O)N2CCC[C@H]2CO)c(NC(=O)Cc2ccccc2)cc1OCCCOC(C)C.Cc1cc2c(cc1OCCCOC(C)C)N(C(=O)Cc1ccccc1)C(O)[C@@H]1CCCN1C2=O. The Bertz CT molecular complexity index is 3230. The Labute approximate surface area is 549 Å². The molecule has 0 saturated carbocycles. The second-order valence-corrected chi connectivity index (χ2v) is 25.1. The zero-order valence-electron chi connectivity index (χ0n) is 56.0. The van der Waals surface area contributed by atoms with Crippen LogP contribution in [0.4, 0.5) is 17.1 Å². The number of nitrogens with two attached hydrogens (primary N) is 1. The number of fused-ring (bicyclic) bond motifs is 2. The first kappa shape index (κ1) is 72.8. The second-order valence-electron chi connectivity index (χ2n) is 25.1. The van der Waals surface area contributed by atoms with E-state index in [1.807, 2.05) is 123 Å². The number of amides is 5. The van der Waals surface area contributed by atoms with E-state index in [0.29, 0.717) is 117 Å². The number of ether oxygens (including phenoxy) is 6. The van der Waals surface area contributed by atoms with E-state index in [1.165, 1.54) is 4.90 Å². The maximum absolute atomic E-state index is 13.5. The maximum atomic E-state index is 13.5. The Morgan fingerprint density at radius 2 is 1.02 bits per heavy atom. The molecule has 3 fully saturated rings. The maximum Gasteiger partial charge on any atom is 0.256 e. The number of hydrogen-bond acceptors (Lipinski definition) is 15. The minimum atomic E-state index is -1.11. The Kier molecular flexibility index (Phi) is 28.3. The standard InChI is InChI=1S/C27H34N2O5.C27H36N2O5.C19H30N2O4/c1-18(2)33-13-8-14-34-24-17-23-21(15-19(24)3)26(31)28-12-7-11-22(28)27(32)29(23)25(30)16-20-9-5-4-6-10-20;1-19(2)33-13-8-14-34-25-17-24(28-26(31)16-21-9-5-4-6-10-21)23(15-20(25)3)27(32)29-12-7-11-22(29)18-30;1-13(2)24-8-5-9-25-18-11-17(20)16(10-14(18)3)19(23)21-7-4-6-15(21)12-22/h4-6,9-10,15,17-18,22,27,32H,7-8,11-14,16H2,1-3H3;4-6,9-10,15,17,19,22,30H,7-8,11-14,16,18H2,1-3H3,(H,28,31);10-11,13,15,22H,4-9,12,20H2,1-3H3/t22-,27?;22-;15-/m000/s1. The molecule has 93 heavy (non-hydrogen) atoms. The Hall–Kier alpha value is -7.59. The number of carbonyl (C=O) groups is 5. The molecule has 1 unspecified atom stereocenters. The molecular formula is C73H100N6O14. The van der Waals surface area contributed by atoms with E-state index in [-0.39, 0.29) is 86.0 Å². The van der Waals surface area contributed by atoms with Crippen LogP contribution < -0.4 is 30.2 Å². The number of likely N-dealkylation sites (tertiary alicyclic amines) is 2. The van der Waals surface area contributed by atoms with Gasteiger partial charge in [0.15, 0.2) is 6.23 Å². The Balaban J connectivity index is 0.000000200. The van der Waals surface area contributed by atoms with E-state index < -0.39 is 12.3 Å². The van der Waals surface area contributed by atoms with Gasteiger partial charge in [-0.05, 0) is 147 Å². The molecule has 0 aromatic heterocycles. The lowest BCUT2D eigenvalue weighted by molar-refractivity contribution is -0.120. The molecule has 5 amide bonds. The summed E-state index contributed by atoms with van der Waals surface area (Å²) in [4.78, 5) is 72.5. The summed E-state index contributed by atoms with van der Waals surface area (Å²) in [5.41, 5.74) is 12.9. The quantitative estimate of drug-likeness (QED) is 0.0242. The summed E-state index contributed by atoms with van der Waals surface area (Å²) in [6.45, 7) is 22.7. The lowest BCUT2D eigenvalue weighted by atomic mass is 10.0. The molecule has 0 aliphatic carbocycles. The molecule has 4 atom stereocenters. The van der Waals surface area contributed by atoms with Gasteiger partial charge in [0.1, 0.15) is 17.2 Å². The van der Waals surface area contributed by atoms with Gasteiger partial charge in [-0.15, -0.1) is 0 Å². The second kappa shape index (κ2) is 36.2. The fourth-order valence-corrected chi connectivity index (χ4v) is 11.9. The first-order chi connectivity index (χ1) is 44.7. The molecule has 0 radical (unpaired) electrons. The highest BCUT2D eigenvalue weighted by Crippen LogP contribution is 2.39. The van der Waals surface area contributed by atoms with Gasteiger partial charge in [-0.25, -0.2) is 0 Å². The van der Waals surface area contributed by atoms with Gasteiger partial charge in [-0.1, -0.05) is 60.7 Å². The third-order valence-corrected chi connectivity index (χ3v) is 16.7. The van der Waals surface area contributed by atoms with Crippen molar-refractivity contribution >= 4 is 46.6 Å². The normalized spacial score (nSPS) is 17.6. The molecule has 4 aliphatic heterocycles. The van der Waals surface area contributed by atoms with E-state index in [2.05, 4.69) is 5.32 Å². The molecular weight excluding hydrogens is 1180 g/mol. The highest BCUT2D eigenvalue weighted by atomic mass is 16.5. The third-order valence-electron chi connectivity index (χ3n) is 16.7. The summed E-state index contributed by atoms with van der Waals surface area (Å²) in [5, 5.41) is 33.4. The average Bonchev–Trinajstić information content (AvgIpc) is 1.78. The first-order valence-corrected chi connectivity index (χ1v) is 33.1. The number of nitrogen functional groups attached to an aromatic ring is 1. The van der Waals surface area contributed by atoms with Crippen molar-refractivity contribution in [1.29, 1.82) is 0 Å². The molecule has 9 rings (SSSR count). The summed E-state index contributed by atoms with van der Waals surface area (Å²) in [5.74, 6) is 1.01. The van der Waals surface area contributed by atoms with Crippen LogP contribution in [-0.2, 0) is 36.6 Å². The van der Waals surface area contributed by atoms with Gasteiger partial charge >= 0.3 is 0 Å². The van der Waals surface area contributed by atoms with Crippen molar-refractivity contribution in [3.63, 3.8) is 0 Å². The summed E-state index contributed by atoms with van der Waals surface area (Å²) in [6.07, 6.45) is 6.88. The molecule has 5 aromatic rings. The van der Waals surface area contributed by atoms with Gasteiger partial charge in [0, 0.05) is 62.8 Å². The van der Waals surface area contributed by atoms with Crippen molar-refractivity contribution in [2.24, 2.45) is 0 Å². The van der Waals surface area contributed by atoms with Gasteiger partial charge in [0.2, 0.25) is 11.8 Å². The Morgan fingerprint density at radius 1 is 0.570 bits per heavy atom. The number of hydrogen-bond donors (Lipinski definition) is 5. The van der Waals surface area contributed by atoms with Crippen molar-refractivity contribution in [2.75, 3.05) is 88.4 Å². The predicted octanol–water partition coefficient (Wildman–Crippen LogP) is 10.0. The highest BCUT2D eigenvalue weighted by Gasteiger charge is 2.44. The van der Waals surface area contributed by atoms with Crippen LogP contribution in [0.5, 0.6) is 17.2 Å². The van der Waals surface area contributed by atoms with Crippen LogP contribution >= 0.6 is 0 Å². The molecule has 20 nitrogen and oxygen atoms in total. The minimum Gasteiger partial charge on any atom is -0.493 e. The number of anilines is 3. The van der Waals surface area contributed by atoms with Gasteiger partial charge in [-0.3, -0.25) is 28.9 Å². The van der Waals surface area contributed by atoms with Gasteiger partial charge in [0.25, 0.3) is 17.7 Å². The predicted molar refractivity (Wildman–Crippen MR) is 360 cm³/mol. The molecule has 3 saturated heterocycles. The van der Waals surface area contributed by atoms with Crippen molar-refractivity contribution in [2.45, 2.75) is 176 Å². The fourth-order valence-electron chi connectivity index (χ4n) is 11.9. The third kappa shape index (κ3) is 20.7. The minimum absolute atomic E-state index is 0.00965. The zero-order valence-corrected chi connectivity index (χ0v) is 56.0. The summed E-state index contributed by atoms with van der Waals surface area (Å²) < 4.78 is 34.4. The van der Waals surface area contributed by atoms with Crippen LogP contribution in [0.1, 0.15) is 158 Å². The van der Waals surface area contributed by atoms with Crippen molar-refractivity contribution in [3.8, 4) is 17.2 Å². The van der Waals surface area contributed by atoms with Crippen LogP contribution in [0.25, 0.3) is 0 Å². The van der Waals surface area contributed by atoms with Crippen LogP contribution in [0.15, 0.2) is 97.1 Å². The summed E-state index contributed by atoms with van der Waals surface area (Å²) in [7, 11) is 0. The van der Waals surface area contributed by atoms with Gasteiger partial charge in [-0.2, -0.15) is 0 Å². The largest absolute Gasteiger partial charge is 0.493 e. The molecule has 4 aliphatic rings. The Morgan fingerprint density at radius 3 is 1.53 bits per heavy atom. The number of nitrogens with zero attached hydrogens (tertiary/aromatic N) is 4. The van der Waals surface area contributed by atoms with Crippen molar-refractivity contribution < 1.29 is 67.7 Å². The van der Waals surface area contributed by atoms with Crippen LogP contribution in [0.2, 0.25) is 0 Å². The van der Waals surface area contributed by atoms with Crippen LogP contribution in [0, 0.1) is 20.8 Å². The molecule has 0 spiro atoms. The first-order valence-electron chi connectivity index (χ1n) is 33.1. The van der Waals surface area contributed by atoms with Crippen LogP contribution in [0.3, 0.4) is 0 Å². The number of rotatable bonds is 27. The van der Waals surface area contributed by atoms with Gasteiger partial charge < -0.3 is 69.5 Å². The number of benzene rings is 5. The summed E-state index contributed by atoms with van der Waals surface area (Å²) >= 11 is 0. The molecule has 4 heterocycles. The lowest BCUT2D eigenvalue weighted by Crippen LogP contribution is -2.51. The smallest absolute Gasteiger partial charge is 0.256 e. The van der Waals surface area contributed by atoms with E-state index in [1.54, 1.807) is 51.1 Å². The van der Waals surface area contributed by atoms with E-state index in [9.17, 15) is 39.3 Å². The molecule has 506 valence electrons. The lowest BCUT2D eigenvalue weighted by Gasteiger charge is -2.32. The molecule has 5 aromatic carbocycles. The number of aliphatic hydroxyl groups excluding tert-OH is 3. The van der Waals surface area contributed by atoms with E-state index in [0.717, 1.165) is 79.2 Å². The molecule has 0 bridgehead atoms. The molecule has 6 N–H and O–H groups in total. The summed E-state index contributed by atoms with van der Waals surface area (Å²) in [6, 6.07) is 28.7. The topological polar surface area (TPSA) is 252 Å². The van der Waals surface area contributed by atoms with Gasteiger partial charge in [0.05, 0.1) is 130 Å². The average molecular weight is 1290 g/mol. The van der Waals surface area contributed by atoms with Crippen molar-refractivity contribution in [3.05, 3.63) is 142 Å². The number of carbonyl (C=O) groups excluding carboxylic acids is 5. The molecule has 20 heteroatoms. The fraction of sp³-hybridized carbons (Fsp3) is 0.521. The van der Waals surface area contributed by atoms with E-state index in [4.69, 9.17) is 34.2 Å². The monoisotopic (exact) mass is 1280 g/mol. The number of aryl methyl sites for hydroxylation is 3. The number of nitrogens with one attached hydrogen (secondary N) is 1.